The molecule has 1 aliphatic rings. The van der Waals surface area contributed by atoms with Crippen molar-refractivity contribution in [3.8, 4) is 11.5 Å². The summed E-state index contributed by atoms with van der Waals surface area (Å²) in [5.74, 6) is 1.13. The van der Waals surface area contributed by atoms with Crippen LogP contribution in [-0.4, -0.2) is 44.1 Å². The Labute approximate surface area is 171 Å². The van der Waals surface area contributed by atoms with Crippen LogP contribution in [0.2, 0.25) is 0 Å². The minimum Gasteiger partial charge on any atom is -0.494 e. The van der Waals surface area contributed by atoms with Crippen molar-refractivity contribution in [3.63, 3.8) is 0 Å². The average molecular weight is 419 g/mol. The van der Waals surface area contributed by atoms with Crippen LogP contribution in [0.5, 0.6) is 11.5 Å². The number of carbonyl (C=O) groups excluding carboxylic acids is 1. The zero-order valence-corrected chi connectivity index (χ0v) is 17.5. The Morgan fingerprint density at radius 1 is 1.03 bits per heavy atom. The highest BCUT2D eigenvalue weighted by Crippen LogP contribution is 2.24. The molecule has 2 aromatic rings. The normalized spacial score (nSPS) is 14.1. The van der Waals surface area contributed by atoms with Crippen LogP contribution in [0.4, 0.5) is 5.69 Å². The monoisotopic (exact) mass is 418 g/mol. The molecular formula is C21H26N2O5S. The molecule has 1 N–H and O–H groups in total. The Hall–Kier alpha value is -2.58. The van der Waals surface area contributed by atoms with E-state index in [9.17, 15) is 13.2 Å². The summed E-state index contributed by atoms with van der Waals surface area (Å²) in [6.07, 6.45) is 0.670. The average Bonchev–Trinajstić information content (AvgIpc) is 2.73. The van der Waals surface area contributed by atoms with Gasteiger partial charge >= 0.3 is 0 Å². The Kier molecular flexibility index (Phi) is 6.76. The second kappa shape index (κ2) is 9.28. The van der Waals surface area contributed by atoms with E-state index in [1.165, 1.54) is 4.31 Å². The zero-order valence-electron chi connectivity index (χ0n) is 16.7. The third kappa shape index (κ3) is 5.48. The van der Waals surface area contributed by atoms with E-state index in [-0.39, 0.29) is 18.3 Å². The first-order valence-electron chi connectivity index (χ1n) is 9.66. The quantitative estimate of drug-likeness (QED) is 0.713. The summed E-state index contributed by atoms with van der Waals surface area (Å²) in [5.41, 5.74) is 2.65. The van der Waals surface area contributed by atoms with Crippen LogP contribution >= 0.6 is 0 Å². The van der Waals surface area contributed by atoms with Crippen molar-refractivity contribution in [2.24, 2.45) is 0 Å². The van der Waals surface area contributed by atoms with Gasteiger partial charge in [-0.25, -0.2) is 8.42 Å². The van der Waals surface area contributed by atoms with E-state index in [1.54, 1.807) is 31.2 Å². The van der Waals surface area contributed by atoms with Gasteiger partial charge in [-0.2, -0.15) is 4.31 Å². The van der Waals surface area contributed by atoms with E-state index in [2.05, 4.69) is 5.32 Å². The van der Waals surface area contributed by atoms with Crippen LogP contribution in [0.1, 0.15) is 25.0 Å². The molecule has 0 saturated heterocycles. The van der Waals surface area contributed by atoms with Crippen molar-refractivity contribution < 1.29 is 22.7 Å². The van der Waals surface area contributed by atoms with E-state index in [4.69, 9.17) is 9.47 Å². The number of anilines is 1. The molecule has 0 bridgehead atoms. The van der Waals surface area contributed by atoms with Gasteiger partial charge in [0.2, 0.25) is 10.0 Å². The summed E-state index contributed by atoms with van der Waals surface area (Å²) in [5, 5.41) is 2.80. The summed E-state index contributed by atoms with van der Waals surface area (Å²) >= 11 is 0. The van der Waals surface area contributed by atoms with Gasteiger partial charge in [0, 0.05) is 18.8 Å². The Morgan fingerprint density at radius 3 is 2.38 bits per heavy atom. The van der Waals surface area contributed by atoms with Gasteiger partial charge in [0.1, 0.15) is 11.5 Å². The predicted octanol–water partition coefficient (Wildman–Crippen LogP) is 2.81. The second-order valence-corrected chi connectivity index (χ2v) is 8.97. The van der Waals surface area contributed by atoms with Crippen LogP contribution in [0.15, 0.2) is 42.5 Å². The molecular weight excluding hydrogens is 392 g/mol. The minimum atomic E-state index is -3.23. The molecule has 3 rings (SSSR count). The number of rotatable bonds is 8. The van der Waals surface area contributed by atoms with Crippen LogP contribution < -0.4 is 14.8 Å². The van der Waals surface area contributed by atoms with E-state index in [0.717, 1.165) is 16.9 Å². The van der Waals surface area contributed by atoms with Crippen molar-refractivity contribution >= 4 is 21.6 Å². The van der Waals surface area contributed by atoms with Gasteiger partial charge in [-0.05, 0) is 67.8 Å². The maximum Gasteiger partial charge on any atom is 0.262 e. The second-order valence-electron chi connectivity index (χ2n) is 6.71. The molecule has 0 spiro atoms. The van der Waals surface area contributed by atoms with Gasteiger partial charge in [-0.3, -0.25) is 4.79 Å². The highest BCUT2D eigenvalue weighted by Gasteiger charge is 2.25. The topological polar surface area (TPSA) is 84.9 Å². The van der Waals surface area contributed by atoms with Crippen molar-refractivity contribution in [1.82, 2.24) is 4.31 Å². The summed E-state index contributed by atoms with van der Waals surface area (Å²) in [6.45, 7) is 4.84. The number of hydrogen-bond donors (Lipinski definition) is 1. The lowest BCUT2D eigenvalue weighted by Gasteiger charge is -2.28. The Balaban J connectivity index is 1.58. The molecule has 0 aliphatic carbocycles. The standard InChI is InChI=1S/C21H26N2O5S/c1-3-27-19-7-9-20(10-8-19)28-15-21(24)22-18-6-5-16-11-12-23(14-17(16)13-18)29(25,26)4-2/h5-10,13H,3-4,11-12,14-15H2,1-2H3,(H,22,24). The first-order chi connectivity index (χ1) is 13.9. The molecule has 2 aromatic carbocycles. The number of fused-ring (bicyclic) bond motifs is 1. The van der Waals surface area contributed by atoms with Crippen LogP contribution in [0, 0.1) is 0 Å². The molecule has 0 aromatic heterocycles. The molecule has 1 heterocycles. The number of nitrogens with one attached hydrogen (secondary N) is 1. The molecule has 156 valence electrons. The molecule has 29 heavy (non-hydrogen) atoms. The van der Waals surface area contributed by atoms with E-state index in [1.807, 2.05) is 25.1 Å². The fourth-order valence-corrected chi connectivity index (χ4v) is 4.24. The zero-order chi connectivity index (χ0) is 20.9. The van der Waals surface area contributed by atoms with Gasteiger partial charge in [0.25, 0.3) is 5.91 Å². The molecule has 0 unspecified atom stereocenters. The molecule has 1 amide bonds. The summed E-state index contributed by atoms with van der Waals surface area (Å²) < 4.78 is 36.6. The third-order valence-corrected chi connectivity index (χ3v) is 6.56. The largest absolute Gasteiger partial charge is 0.494 e. The van der Waals surface area contributed by atoms with Crippen molar-refractivity contribution in [2.75, 3.05) is 30.8 Å². The fraction of sp³-hybridized carbons (Fsp3) is 0.381. The predicted molar refractivity (Wildman–Crippen MR) is 112 cm³/mol. The van der Waals surface area contributed by atoms with Crippen LogP contribution in [-0.2, 0) is 27.8 Å². The molecule has 0 radical (unpaired) electrons. The Bertz CT molecular complexity index is 958. The number of nitrogens with zero attached hydrogens (tertiary/aromatic N) is 1. The first kappa shape index (κ1) is 21.1. The summed E-state index contributed by atoms with van der Waals surface area (Å²) in [6, 6.07) is 12.7. The lowest BCUT2D eigenvalue weighted by molar-refractivity contribution is -0.118. The highest BCUT2D eigenvalue weighted by atomic mass is 32.2. The highest BCUT2D eigenvalue weighted by molar-refractivity contribution is 7.89. The van der Waals surface area contributed by atoms with Gasteiger partial charge in [-0.15, -0.1) is 0 Å². The molecule has 0 atom stereocenters. The number of benzene rings is 2. The summed E-state index contributed by atoms with van der Waals surface area (Å²) in [7, 11) is -3.23. The SMILES string of the molecule is CCOc1ccc(OCC(=O)Nc2ccc3c(c2)CN(S(=O)(=O)CC)CC3)cc1. The summed E-state index contributed by atoms with van der Waals surface area (Å²) in [4.78, 5) is 12.2. The van der Waals surface area contributed by atoms with Crippen LogP contribution in [0.25, 0.3) is 0 Å². The number of amides is 1. The van der Waals surface area contributed by atoms with E-state index >= 15 is 0 Å². The lowest BCUT2D eigenvalue weighted by atomic mass is 10.0. The third-order valence-electron chi connectivity index (χ3n) is 4.73. The van der Waals surface area contributed by atoms with Gasteiger partial charge in [-0.1, -0.05) is 6.07 Å². The molecule has 8 heteroatoms. The van der Waals surface area contributed by atoms with Crippen molar-refractivity contribution in [1.29, 1.82) is 0 Å². The van der Waals surface area contributed by atoms with Gasteiger partial charge in [0.05, 0.1) is 12.4 Å². The van der Waals surface area contributed by atoms with Crippen LogP contribution in [0.3, 0.4) is 0 Å². The maximum absolute atomic E-state index is 12.2. The number of ether oxygens (including phenoxy) is 2. The number of carbonyl (C=O) groups is 1. The molecule has 7 nitrogen and oxygen atoms in total. The van der Waals surface area contributed by atoms with E-state index in [0.29, 0.717) is 37.6 Å². The van der Waals surface area contributed by atoms with E-state index < -0.39 is 10.0 Å². The lowest BCUT2D eigenvalue weighted by Crippen LogP contribution is -2.36. The number of sulfonamides is 1. The molecule has 1 aliphatic heterocycles. The maximum atomic E-state index is 12.2. The Morgan fingerprint density at radius 2 is 1.72 bits per heavy atom. The van der Waals surface area contributed by atoms with Gasteiger partial charge < -0.3 is 14.8 Å². The van der Waals surface area contributed by atoms with Gasteiger partial charge in [0.15, 0.2) is 6.61 Å². The number of hydrogen-bond acceptors (Lipinski definition) is 5. The first-order valence-corrected chi connectivity index (χ1v) is 11.3. The molecule has 0 saturated carbocycles. The fourth-order valence-electron chi connectivity index (χ4n) is 3.17. The van der Waals surface area contributed by atoms with Crippen molar-refractivity contribution in [2.45, 2.75) is 26.8 Å². The van der Waals surface area contributed by atoms with Crippen molar-refractivity contribution in [3.05, 3.63) is 53.6 Å². The minimum absolute atomic E-state index is 0.0850. The molecule has 0 fully saturated rings. The smallest absolute Gasteiger partial charge is 0.262 e.